The van der Waals surface area contributed by atoms with E-state index in [0.717, 1.165) is 11.1 Å². The maximum absolute atomic E-state index is 14.8. The van der Waals surface area contributed by atoms with Crippen LogP contribution in [-0.2, 0) is 18.6 Å². The first-order valence-electron chi connectivity index (χ1n) is 12.3. The fraction of sp³-hybridized carbons (Fsp3) is 0.333. The summed E-state index contributed by atoms with van der Waals surface area (Å²) in [4.78, 5) is 46.2. The zero-order valence-corrected chi connectivity index (χ0v) is 22.8. The summed E-state index contributed by atoms with van der Waals surface area (Å²) in [6.07, 6.45) is 0.907. The van der Waals surface area contributed by atoms with Crippen molar-refractivity contribution in [3.8, 4) is 5.75 Å². The Labute approximate surface area is 232 Å². The minimum absolute atomic E-state index is 0.0190. The van der Waals surface area contributed by atoms with E-state index in [9.17, 15) is 18.1 Å². The van der Waals surface area contributed by atoms with E-state index in [1.165, 1.54) is 32.0 Å². The lowest BCUT2D eigenvalue weighted by Crippen LogP contribution is -2.53. The second-order valence-corrected chi connectivity index (χ2v) is 10.8. The molecule has 1 fully saturated rings. The third-order valence-corrected chi connectivity index (χ3v) is 6.57. The molecule has 0 radical (unpaired) electrons. The average Bonchev–Trinajstić information content (AvgIpc) is 2.91. The Kier molecular flexibility index (Phi) is 7.76. The molecule has 0 atom stereocenters. The Morgan fingerprint density at radius 3 is 2.56 bits per heavy atom. The van der Waals surface area contributed by atoms with Crippen LogP contribution in [0.1, 0.15) is 13.8 Å². The van der Waals surface area contributed by atoms with Gasteiger partial charge < -0.3 is 34.8 Å². The van der Waals surface area contributed by atoms with Crippen molar-refractivity contribution in [2.24, 2.45) is 0 Å². The maximum atomic E-state index is 14.8. The standard InChI is InChI=1S/C24H26F2N7O7P/c1-24(2)22(34)33(13-39-41(35,36)37)21-18(40-24)5-6-19(30-21)29-20-16(26)12-27-23(31-20)28-14-3-4-17(15(25)11-14)32-7-9-38-10-8-32/h3-6,11-12H,7-10,13H2,1-2H3,(H2,35,36,37)(H2,27,28,29,30,31). The number of hydrogen-bond donors (Lipinski definition) is 4. The van der Waals surface area contributed by atoms with Crippen LogP contribution in [0.25, 0.3) is 0 Å². The molecule has 0 bridgehead atoms. The molecule has 0 unspecified atom stereocenters. The van der Waals surface area contributed by atoms with Gasteiger partial charge >= 0.3 is 7.82 Å². The highest BCUT2D eigenvalue weighted by molar-refractivity contribution is 7.46. The predicted molar refractivity (Wildman–Crippen MR) is 142 cm³/mol. The molecule has 4 heterocycles. The number of fused-ring (bicyclic) bond motifs is 1. The molecule has 3 aromatic rings. The number of ether oxygens (including phenoxy) is 2. The predicted octanol–water partition coefficient (Wildman–Crippen LogP) is 3.04. The number of nitrogens with one attached hydrogen (secondary N) is 2. The number of phosphoric acid groups is 1. The smallest absolute Gasteiger partial charge is 0.471 e. The lowest BCUT2D eigenvalue weighted by molar-refractivity contribution is -0.133. The first kappa shape index (κ1) is 28.6. The monoisotopic (exact) mass is 593 g/mol. The summed E-state index contributed by atoms with van der Waals surface area (Å²) in [5.41, 5.74) is -0.602. The van der Waals surface area contributed by atoms with Crippen molar-refractivity contribution in [3.63, 3.8) is 0 Å². The summed E-state index contributed by atoms with van der Waals surface area (Å²) in [6, 6.07) is 7.42. The average molecular weight is 593 g/mol. The lowest BCUT2D eigenvalue weighted by Gasteiger charge is -2.37. The number of hydrogen-bond acceptors (Lipinski definition) is 11. The van der Waals surface area contributed by atoms with E-state index in [0.29, 0.717) is 37.7 Å². The molecule has 2 aromatic heterocycles. The summed E-state index contributed by atoms with van der Waals surface area (Å²) in [5.74, 6) is -2.26. The molecule has 1 aromatic carbocycles. The van der Waals surface area contributed by atoms with Crippen molar-refractivity contribution in [2.45, 2.75) is 19.4 Å². The molecule has 0 spiro atoms. The third kappa shape index (κ3) is 6.52. The first-order chi connectivity index (χ1) is 19.4. The Bertz CT molecular complexity index is 1520. The second-order valence-electron chi connectivity index (χ2n) is 9.52. The molecule has 5 rings (SSSR count). The van der Waals surface area contributed by atoms with Crippen molar-refractivity contribution in [1.82, 2.24) is 15.0 Å². The Hall–Kier alpha value is -3.95. The fourth-order valence-corrected chi connectivity index (χ4v) is 4.45. The highest BCUT2D eigenvalue weighted by Crippen LogP contribution is 2.41. The second kappa shape index (κ2) is 11.1. The van der Waals surface area contributed by atoms with E-state index in [-0.39, 0.29) is 29.2 Å². The van der Waals surface area contributed by atoms with E-state index in [1.807, 2.05) is 4.90 Å². The van der Waals surface area contributed by atoms with E-state index in [4.69, 9.17) is 19.3 Å². The molecule has 41 heavy (non-hydrogen) atoms. The molecule has 14 nitrogen and oxygen atoms in total. The van der Waals surface area contributed by atoms with Crippen molar-refractivity contribution in [1.29, 1.82) is 0 Å². The molecule has 2 aliphatic rings. The number of nitrogens with zero attached hydrogens (tertiary/aromatic N) is 5. The van der Waals surface area contributed by atoms with Crippen LogP contribution in [0.2, 0.25) is 0 Å². The van der Waals surface area contributed by atoms with Gasteiger partial charge in [0, 0.05) is 18.8 Å². The Morgan fingerprint density at radius 1 is 1.10 bits per heavy atom. The van der Waals surface area contributed by atoms with E-state index in [2.05, 4.69) is 30.1 Å². The van der Waals surface area contributed by atoms with Crippen LogP contribution >= 0.6 is 7.82 Å². The number of pyridine rings is 1. The topological polar surface area (TPSA) is 171 Å². The minimum Gasteiger partial charge on any atom is -0.474 e. The molecule has 17 heteroatoms. The van der Waals surface area contributed by atoms with Gasteiger partial charge in [-0.05, 0) is 44.2 Å². The first-order valence-corrected chi connectivity index (χ1v) is 13.8. The number of rotatable bonds is 8. The van der Waals surface area contributed by atoms with Crippen LogP contribution in [0.4, 0.5) is 43.6 Å². The molecule has 218 valence electrons. The van der Waals surface area contributed by atoms with Crippen molar-refractivity contribution < 1.29 is 41.9 Å². The number of halogens is 2. The molecule has 2 aliphatic heterocycles. The number of aromatic nitrogens is 3. The summed E-state index contributed by atoms with van der Waals surface area (Å²) >= 11 is 0. The van der Waals surface area contributed by atoms with Crippen LogP contribution < -0.4 is 25.2 Å². The maximum Gasteiger partial charge on any atom is 0.471 e. The summed E-state index contributed by atoms with van der Waals surface area (Å²) in [6.45, 7) is 4.31. The zero-order chi connectivity index (χ0) is 29.4. The van der Waals surface area contributed by atoms with Crippen LogP contribution in [0.5, 0.6) is 5.75 Å². The Balaban J connectivity index is 1.36. The number of phosphoric ester groups is 1. The molecular formula is C24H26F2N7O7P. The van der Waals surface area contributed by atoms with Gasteiger partial charge in [0.25, 0.3) is 5.91 Å². The van der Waals surface area contributed by atoms with Gasteiger partial charge in [0.15, 0.2) is 28.8 Å². The van der Waals surface area contributed by atoms with E-state index < -0.39 is 37.7 Å². The van der Waals surface area contributed by atoms with Gasteiger partial charge in [0.2, 0.25) is 5.95 Å². The largest absolute Gasteiger partial charge is 0.474 e. The molecule has 1 saturated heterocycles. The van der Waals surface area contributed by atoms with Crippen LogP contribution in [0.15, 0.2) is 36.5 Å². The Morgan fingerprint density at radius 2 is 1.85 bits per heavy atom. The molecular weight excluding hydrogens is 567 g/mol. The van der Waals surface area contributed by atoms with Gasteiger partial charge in [0.1, 0.15) is 18.4 Å². The van der Waals surface area contributed by atoms with Gasteiger partial charge in [0.05, 0.1) is 25.1 Å². The van der Waals surface area contributed by atoms with Crippen molar-refractivity contribution in [2.75, 3.05) is 53.5 Å². The molecule has 1 amide bonds. The summed E-state index contributed by atoms with van der Waals surface area (Å²) in [7, 11) is -4.92. The molecule has 0 saturated carbocycles. The lowest BCUT2D eigenvalue weighted by atomic mass is 10.1. The summed E-state index contributed by atoms with van der Waals surface area (Å²) < 4.78 is 56.2. The molecule has 4 N–H and O–H groups in total. The van der Waals surface area contributed by atoms with E-state index in [1.54, 1.807) is 12.1 Å². The fourth-order valence-electron chi connectivity index (χ4n) is 4.18. The van der Waals surface area contributed by atoms with Gasteiger partial charge in [-0.15, -0.1) is 0 Å². The van der Waals surface area contributed by atoms with Crippen LogP contribution in [0.3, 0.4) is 0 Å². The van der Waals surface area contributed by atoms with Gasteiger partial charge in [-0.3, -0.25) is 14.2 Å². The van der Waals surface area contributed by atoms with Crippen molar-refractivity contribution in [3.05, 3.63) is 48.2 Å². The zero-order valence-electron chi connectivity index (χ0n) is 21.9. The highest BCUT2D eigenvalue weighted by Gasteiger charge is 2.42. The number of carbonyl (C=O) groups excluding carboxylic acids is 1. The van der Waals surface area contributed by atoms with Crippen LogP contribution in [-0.4, -0.2) is 69.3 Å². The third-order valence-electron chi connectivity index (χ3n) is 6.12. The van der Waals surface area contributed by atoms with Gasteiger partial charge in [-0.2, -0.15) is 4.98 Å². The number of morpholine rings is 1. The van der Waals surface area contributed by atoms with Gasteiger partial charge in [-0.25, -0.2) is 23.3 Å². The minimum atomic E-state index is -4.92. The van der Waals surface area contributed by atoms with Crippen molar-refractivity contribution >= 4 is 48.5 Å². The van der Waals surface area contributed by atoms with Gasteiger partial charge in [-0.1, -0.05) is 0 Å². The SMILES string of the molecule is CC1(C)Oc2ccc(Nc3nc(Nc4ccc(N5CCOCC5)c(F)c4)ncc3F)nc2N(COP(=O)(O)O)C1=O. The quantitative estimate of drug-likeness (QED) is 0.281. The normalized spacial score (nSPS) is 16.7. The number of carbonyl (C=O) groups is 1. The summed E-state index contributed by atoms with van der Waals surface area (Å²) in [5, 5.41) is 5.52. The molecule has 0 aliphatic carbocycles. The number of amides is 1. The van der Waals surface area contributed by atoms with E-state index >= 15 is 0 Å². The van der Waals surface area contributed by atoms with Crippen LogP contribution in [0, 0.1) is 11.6 Å². The highest BCUT2D eigenvalue weighted by atomic mass is 31.2. The number of anilines is 6. The number of benzene rings is 1.